The summed E-state index contributed by atoms with van der Waals surface area (Å²) in [4.78, 5) is 10.3. The van der Waals surface area contributed by atoms with Crippen LogP contribution in [0.3, 0.4) is 0 Å². The fourth-order valence-electron chi connectivity index (χ4n) is 2.66. The lowest BCUT2D eigenvalue weighted by Crippen LogP contribution is -2.28. The zero-order valence-corrected chi connectivity index (χ0v) is 17.2. The van der Waals surface area contributed by atoms with Crippen molar-refractivity contribution >= 4 is 33.0 Å². The third-order valence-corrected chi connectivity index (χ3v) is 4.72. The van der Waals surface area contributed by atoms with Gasteiger partial charge in [0.25, 0.3) is 4.60 Å². The summed E-state index contributed by atoms with van der Waals surface area (Å²) in [5.74, 6) is -4.89. The van der Waals surface area contributed by atoms with Crippen molar-refractivity contribution in [3.05, 3.63) is 91.3 Å². The third kappa shape index (κ3) is 4.88. The predicted octanol–water partition coefficient (Wildman–Crippen LogP) is 5.61. The lowest BCUT2D eigenvalue weighted by Gasteiger charge is -2.17. The Hall–Kier alpha value is -3.48. The van der Waals surface area contributed by atoms with Gasteiger partial charge in [-0.15, -0.1) is 0 Å². The molecule has 1 N–H and O–H groups in total. The molecule has 0 atom stereocenters. The number of pyridine rings is 1. The summed E-state index contributed by atoms with van der Waals surface area (Å²) in [5.41, 5.74) is -3.78. The maximum Gasteiger partial charge on any atom is 0.419 e. The number of benzene rings is 2. The molecule has 0 spiro atoms. The Labute approximate surface area is 184 Å². The number of nitrogens with one attached hydrogen (secondary N) is 1. The minimum Gasteiger partial charge on any atom is -0.618 e. The van der Waals surface area contributed by atoms with Crippen molar-refractivity contribution in [2.75, 3.05) is 5.32 Å². The molecule has 0 aliphatic heterocycles. The molecule has 0 aliphatic rings. The van der Waals surface area contributed by atoms with Gasteiger partial charge in [-0.2, -0.15) is 17.9 Å². The van der Waals surface area contributed by atoms with Crippen LogP contribution in [0.15, 0.2) is 53.3 Å². The van der Waals surface area contributed by atoms with Crippen LogP contribution in [0.2, 0.25) is 0 Å². The second-order valence-corrected chi connectivity index (χ2v) is 7.12. The lowest BCUT2D eigenvalue weighted by molar-refractivity contribution is -0.617. The summed E-state index contributed by atoms with van der Waals surface area (Å²) in [5, 5.41) is 25.1. The molecular weight excluding hydrogens is 509 g/mol. The number of nitrogens with zero attached hydrogens (tertiary/aromatic N) is 2. The fourth-order valence-corrected chi connectivity index (χ4v) is 2.98. The summed E-state index contributed by atoms with van der Waals surface area (Å²) in [6.45, 7) is -0.450. The average molecular weight is 520 g/mol. The Morgan fingerprint density at radius 3 is 2.34 bits per heavy atom. The highest BCUT2D eigenvalue weighted by atomic mass is 79.9. The molecule has 3 rings (SSSR count). The molecule has 0 saturated carbocycles. The van der Waals surface area contributed by atoms with E-state index in [1.165, 1.54) is 12.1 Å². The molecule has 13 heteroatoms. The molecule has 0 bridgehead atoms. The molecule has 7 nitrogen and oxygen atoms in total. The monoisotopic (exact) mass is 519 g/mol. The zero-order valence-electron chi connectivity index (χ0n) is 15.6. The van der Waals surface area contributed by atoms with Crippen LogP contribution >= 0.6 is 15.9 Å². The number of hydrogen-bond acceptors (Lipinski definition) is 5. The predicted molar refractivity (Wildman–Crippen MR) is 105 cm³/mol. The van der Waals surface area contributed by atoms with Gasteiger partial charge in [-0.1, -0.05) is 30.3 Å². The number of halogens is 6. The van der Waals surface area contributed by atoms with Crippen LogP contribution in [0, 0.1) is 27.0 Å². The first-order valence-corrected chi connectivity index (χ1v) is 9.38. The summed E-state index contributed by atoms with van der Waals surface area (Å²) in [7, 11) is 0. The molecular formula is C19H11BrF5N3O4. The van der Waals surface area contributed by atoms with Crippen LogP contribution in [0.5, 0.6) is 5.75 Å². The van der Waals surface area contributed by atoms with Crippen LogP contribution in [-0.2, 0) is 12.8 Å². The van der Waals surface area contributed by atoms with E-state index >= 15 is 0 Å². The van der Waals surface area contributed by atoms with Gasteiger partial charge >= 0.3 is 11.9 Å². The van der Waals surface area contributed by atoms with Crippen molar-refractivity contribution < 1.29 is 36.3 Å². The SMILES string of the molecule is O=[N+]([O-])c1cc(Br)[n+]([O-])cc1Nc1cc(C(F)(F)F)c(F)c(OCc2ccccc2)c1F. The quantitative estimate of drug-likeness (QED) is 0.114. The van der Waals surface area contributed by atoms with Crippen molar-refractivity contribution in [2.24, 2.45) is 0 Å². The molecule has 0 fully saturated rings. The first-order chi connectivity index (χ1) is 15.0. The highest BCUT2D eigenvalue weighted by molar-refractivity contribution is 9.10. The Balaban J connectivity index is 2.10. The van der Waals surface area contributed by atoms with E-state index in [0.29, 0.717) is 11.8 Å². The van der Waals surface area contributed by atoms with E-state index in [1.54, 1.807) is 18.2 Å². The number of rotatable bonds is 6. The number of hydrogen-bond donors (Lipinski definition) is 1. The van der Waals surface area contributed by atoms with Crippen molar-refractivity contribution in [1.29, 1.82) is 0 Å². The van der Waals surface area contributed by atoms with Gasteiger partial charge in [0.15, 0.2) is 23.1 Å². The Bertz CT molecular complexity index is 1180. The highest BCUT2D eigenvalue weighted by Gasteiger charge is 2.38. The van der Waals surface area contributed by atoms with E-state index in [4.69, 9.17) is 4.74 Å². The second-order valence-electron chi connectivity index (χ2n) is 6.30. The number of nitro groups is 1. The molecule has 0 saturated heterocycles. The number of anilines is 2. The van der Waals surface area contributed by atoms with Crippen molar-refractivity contribution in [2.45, 2.75) is 12.8 Å². The Kier molecular flexibility index (Phi) is 6.48. The molecule has 0 unspecified atom stereocenters. The summed E-state index contributed by atoms with van der Waals surface area (Å²) >= 11 is 2.78. The molecule has 2 aromatic carbocycles. The van der Waals surface area contributed by atoms with Gasteiger partial charge in [-0.05, 0) is 11.6 Å². The van der Waals surface area contributed by atoms with Crippen LogP contribution < -0.4 is 14.8 Å². The fraction of sp³-hybridized carbons (Fsp3) is 0.105. The minimum absolute atomic E-state index is 0.0982. The molecule has 168 valence electrons. The third-order valence-electron chi connectivity index (χ3n) is 4.15. The topological polar surface area (TPSA) is 91.3 Å². The van der Waals surface area contributed by atoms with E-state index in [-0.39, 0.29) is 15.4 Å². The van der Waals surface area contributed by atoms with Gasteiger partial charge in [-0.3, -0.25) is 10.1 Å². The first kappa shape index (κ1) is 23.2. The van der Waals surface area contributed by atoms with Gasteiger partial charge in [0, 0.05) is 15.9 Å². The molecule has 3 aromatic rings. The molecule has 0 aliphatic carbocycles. The number of aromatic nitrogens is 1. The van der Waals surface area contributed by atoms with Crippen molar-refractivity contribution in [1.82, 2.24) is 0 Å². The maximum atomic E-state index is 14.9. The molecule has 32 heavy (non-hydrogen) atoms. The average Bonchev–Trinajstić information content (AvgIpc) is 2.72. The van der Waals surface area contributed by atoms with Gasteiger partial charge < -0.3 is 15.3 Å². The Morgan fingerprint density at radius 2 is 1.75 bits per heavy atom. The number of ether oxygens (including phenoxy) is 1. The molecule has 1 aromatic heterocycles. The van der Waals surface area contributed by atoms with Gasteiger partial charge in [0.1, 0.15) is 6.61 Å². The van der Waals surface area contributed by atoms with Crippen LogP contribution in [-0.4, -0.2) is 4.92 Å². The Morgan fingerprint density at radius 1 is 1.09 bits per heavy atom. The lowest BCUT2D eigenvalue weighted by atomic mass is 10.1. The van der Waals surface area contributed by atoms with Crippen LogP contribution in [0.4, 0.5) is 39.0 Å². The van der Waals surface area contributed by atoms with Gasteiger partial charge in [0.2, 0.25) is 6.20 Å². The smallest absolute Gasteiger partial charge is 0.419 e. The van der Waals surface area contributed by atoms with E-state index < -0.39 is 57.7 Å². The van der Waals surface area contributed by atoms with Crippen LogP contribution in [0.1, 0.15) is 11.1 Å². The highest BCUT2D eigenvalue weighted by Crippen LogP contribution is 2.41. The van der Waals surface area contributed by atoms with E-state index in [9.17, 15) is 37.3 Å². The minimum atomic E-state index is -5.23. The van der Waals surface area contributed by atoms with Crippen molar-refractivity contribution in [3.63, 3.8) is 0 Å². The summed E-state index contributed by atoms with van der Waals surface area (Å²) in [6.07, 6.45) is -4.62. The van der Waals surface area contributed by atoms with E-state index in [2.05, 4.69) is 21.2 Å². The maximum absolute atomic E-state index is 14.9. The second kappa shape index (κ2) is 8.94. The summed E-state index contributed by atoms with van der Waals surface area (Å²) in [6, 6.07) is 8.77. The van der Waals surface area contributed by atoms with Gasteiger partial charge in [0.05, 0.1) is 22.2 Å². The van der Waals surface area contributed by atoms with E-state index in [0.717, 1.165) is 6.07 Å². The standard InChI is InChI=1S/C19H11BrF5N3O4/c20-15-7-14(28(30)31)13(8-27(15)29)26-12-6-11(19(23,24)25)16(21)18(17(12)22)32-9-10-4-2-1-3-5-10/h1-8,26H,9H2. The normalized spacial score (nSPS) is 11.3. The molecule has 0 radical (unpaired) electrons. The van der Waals surface area contributed by atoms with Crippen LogP contribution in [0.25, 0.3) is 0 Å². The largest absolute Gasteiger partial charge is 0.618 e. The summed E-state index contributed by atoms with van der Waals surface area (Å²) < 4.78 is 74.3. The molecule has 1 heterocycles. The van der Waals surface area contributed by atoms with Gasteiger partial charge in [-0.25, -0.2) is 8.78 Å². The number of alkyl halides is 3. The van der Waals surface area contributed by atoms with Crippen molar-refractivity contribution in [3.8, 4) is 5.75 Å². The van der Waals surface area contributed by atoms with E-state index in [1.807, 2.05) is 0 Å². The zero-order chi connectivity index (χ0) is 23.6. The molecule has 0 amide bonds. The first-order valence-electron chi connectivity index (χ1n) is 8.59.